The molecule has 1 saturated heterocycles. The van der Waals surface area contributed by atoms with Gasteiger partial charge in [0.05, 0.1) is 19.3 Å². The number of carbonyl (C=O) groups excluding carboxylic acids is 1. The van der Waals surface area contributed by atoms with Crippen LogP contribution in [0.4, 0.5) is 0 Å². The smallest absolute Gasteiger partial charge is 0.222 e. The predicted molar refractivity (Wildman–Crippen MR) is 178 cm³/mol. The van der Waals surface area contributed by atoms with Gasteiger partial charge in [-0.25, -0.2) is 0 Å². The van der Waals surface area contributed by atoms with Crippen molar-refractivity contribution in [2.24, 2.45) is 17.8 Å². The van der Waals surface area contributed by atoms with Crippen LogP contribution in [-0.2, 0) is 23.1 Å². The highest BCUT2D eigenvalue weighted by Gasteiger charge is 2.67. The Hall–Kier alpha value is -2.57. The average molecular weight is 615 g/mol. The molecule has 244 valence electrons. The van der Waals surface area contributed by atoms with Gasteiger partial charge in [0.15, 0.2) is 11.5 Å². The zero-order valence-corrected chi connectivity index (χ0v) is 27.8. The lowest BCUT2D eigenvalue weighted by molar-refractivity contribution is -0.143. The van der Waals surface area contributed by atoms with E-state index in [-0.39, 0.29) is 23.7 Å². The molecule has 2 aliphatic heterocycles. The number of aliphatic hydroxyl groups excluding tert-OH is 1. The number of benzene rings is 2. The third-order valence-corrected chi connectivity index (χ3v) is 11.9. The Bertz CT molecular complexity index is 1350. The first-order valence-corrected chi connectivity index (χ1v) is 18.0. The number of piperidine rings is 1. The summed E-state index contributed by atoms with van der Waals surface area (Å²) in [4.78, 5) is 19.1. The number of hydrogen-bond acceptors (Lipinski definition) is 5. The van der Waals surface area contributed by atoms with Crippen LogP contribution in [0.3, 0.4) is 0 Å². The van der Waals surface area contributed by atoms with Gasteiger partial charge in [0, 0.05) is 42.4 Å². The maximum absolute atomic E-state index is 14.1. The van der Waals surface area contributed by atoms with Crippen LogP contribution in [0.2, 0.25) is 0 Å². The number of ether oxygens (including phenoxy) is 2. The molecule has 3 fully saturated rings. The monoisotopic (exact) mass is 614 g/mol. The number of nitrogens with zero attached hydrogens (tertiary/aromatic N) is 2. The molecule has 0 aromatic heterocycles. The zero-order chi connectivity index (χ0) is 31.1. The quantitative estimate of drug-likeness (QED) is 0.245. The van der Waals surface area contributed by atoms with Crippen LogP contribution in [0, 0.1) is 17.8 Å². The molecule has 2 aromatic carbocycles. The molecule has 7 atom stereocenters. The minimum atomic E-state index is -0.115. The zero-order valence-electron chi connectivity index (χ0n) is 27.8. The first-order chi connectivity index (χ1) is 21.9. The molecular weight excluding hydrogens is 560 g/mol. The van der Waals surface area contributed by atoms with E-state index in [2.05, 4.69) is 66.1 Å². The van der Waals surface area contributed by atoms with Crippen LogP contribution in [0.15, 0.2) is 42.5 Å². The van der Waals surface area contributed by atoms with Crippen molar-refractivity contribution in [1.82, 2.24) is 9.80 Å². The van der Waals surface area contributed by atoms with E-state index in [0.29, 0.717) is 36.1 Å². The number of unbranched alkanes of at least 4 members (excludes halogenated alkanes) is 4. The molecule has 2 aromatic rings. The molecule has 6 heteroatoms. The second-order valence-corrected chi connectivity index (χ2v) is 15.2. The third kappa shape index (κ3) is 5.79. The summed E-state index contributed by atoms with van der Waals surface area (Å²) in [5.41, 5.74) is 4.16. The first-order valence-electron chi connectivity index (χ1n) is 18.0. The number of aryl methyl sites for hydroxylation is 1. The molecule has 1 amide bonds. The van der Waals surface area contributed by atoms with Crippen molar-refractivity contribution < 1.29 is 19.4 Å². The minimum Gasteiger partial charge on any atom is -0.493 e. The van der Waals surface area contributed by atoms with Gasteiger partial charge in [-0.1, -0.05) is 69.5 Å². The molecule has 2 bridgehead atoms. The third-order valence-electron chi connectivity index (χ3n) is 11.9. The van der Waals surface area contributed by atoms with E-state index in [9.17, 15) is 9.90 Å². The van der Waals surface area contributed by atoms with Crippen LogP contribution < -0.4 is 9.47 Å². The fourth-order valence-electron chi connectivity index (χ4n) is 9.76. The van der Waals surface area contributed by atoms with Gasteiger partial charge < -0.3 is 19.5 Å². The van der Waals surface area contributed by atoms with Crippen molar-refractivity contribution in [1.29, 1.82) is 0 Å². The van der Waals surface area contributed by atoms with E-state index in [1.54, 1.807) is 7.11 Å². The maximum atomic E-state index is 14.1. The molecule has 2 unspecified atom stereocenters. The van der Waals surface area contributed by atoms with Crippen LogP contribution >= 0.6 is 0 Å². The van der Waals surface area contributed by atoms with Gasteiger partial charge in [0.25, 0.3) is 0 Å². The summed E-state index contributed by atoms with van der Waals surface area (Å²) < 4.78 is 13.0. The van der Waals surface area contributed by atoms with E-state index >= 15 is 0 Å². The Kier molecular flexibility index (Phi) is 8.91. The fourth-order valence-corrected chi connectivity index (χ4v) is 9.76. The van der Waals surface area contributed by atoms with E-state index in [0.717, 1.165) is 82.5 Å². The van der Waals surface area contributed by atoms with Crippen molar-refractivity contribution in [3.63, 3.8) is 0 Å². The summed E-state index contributed by atoms with van der Waals surface area (Å²) in [5.74, 6) is 3.45. The number of rotatable bonds is 14. The van der Waals surface area contributed by atoms with Gasteiger partial charge in [0.2, 0.25) is 5.91 Å². The predicted octanol–water partition coefficient (Wildman–Crippen LogP) is 6.55. The normalized spacial score (nSPS) is 31.0. The summed E-state index contributed by atoms with van der Waals surface area (Å²) in [5, 5.41) is 10.2. The summed E-state index contributed by atoms with van der Waals surface area (Å²) in [6.45, 7) is 7.32. The number of amides is 1. The van der Waals surface area contributed by atoms with Crippen LogP contribution in [0.5, 0.6) is 11.5 Å². The van der Waals surface area contributed by atoms with Gasteiger partial charge in [-0.2, -0.15) is 0 Å². The molecule has 0 radical (unpaired) electrons. The molecule has 2 saturated carbocycles. The second-order valence-electron chi connectivity index (χ2n) is 15.2. The Morgan fingerprint density at radius 1 is 1.09 bits per heavy atom. The van der Waals surface area contributed by atoms with E-state index < -0.39 is 0 Å². The van der Waals surface area contributed by atoms with Crippen LogP contribution in [-0.4, -0.2) is 71.8 Å². The van der Waals surface area contributed by atoms with E-state index in [1.807, 2.05) is 0 Å². The van der Waals surface area contributed by atoms with Crippen LogP contribution in [0.25, 0.3) is 0 Å². The maximum Gasteiger partial charge on any atom is 0.222 e. The van der Waals surface area contributed by atoms with Crippen molar-refractivity contribution in [2.45, 2.75) is 121 Å². The lowest BCUT2D eigenvalue weighted by atomic mass is 9.51. The van der Waals surface area contributed by atoms with Gasteiger partial charge in [0.1, 0.15) is 6.10 Å². The first kappa shape index (κ1) is 31.1. The molecule has 2 heterocycles. The highest BCUT2D eigenvalue weighted by molar-refractivity contribution is 5.77. The van der Waals surface area contributed by atoms with E-state index in [4.69, 9.17) is 9.47 Å². The molecular formula is C39H54N2O4. The van der Waals surface area contributed by atoms with Gasteiger partial charge in [-0.3, -0.25) is 9.69 Å². The Labute approximate surface area is 270 Å². The molecule has 1 N–H and O–H groups in total. The standard InChI is InChI=1S/C39H54N2O4/c1-26(2)24-41(35(43)15-11-6-4-5-8-12-27-13-9-7-10-14-27)31-18-17-30-32-22-28-16-19-34(44-3)37-36(28)39(30,38(31)45-37)20-21-40(32)25-29-23-33(29)42/h7,9-10,13-14,16,19,26,29-33,38,42H,4-6,8,11-12,15,17-18,20-25H2,1-3H3/t29?,30-,31+,32+,33?,38-,39-/m0/s1. The fraction of sp³-hybridized carbons (Fsp3) is 0.667. The topological polar surface area (TPSA) is 62.2 Å². The van der Waals surface area contributed by atoms with Gasteiger partial charge in [-0.15, -0.1) is 0 Å². The number of methoxy groups -OCH3 is 1. The van der Waals surface area contributed by atoms with Gasteiger partial charge >= 0.3 is 0 Å². The molecule has 7 rings (SSSR count). The van der Waals surface area contributed by atoms with Crippen molar-refractivity contribution in [3.05, 3.63) is 59.2 Å². The summed E-state index contributed by atoms with van der Waals surface area (Å²) in [7, 11) is 1.75. The van der Waals surface area contributed by atoms with E-state index in [1.165, 1.54) is 36.0 Å². The molecule has 3 aliphatic carbocycles. The number of aliphatic hydroxyl groups is 1. The largest absolute Gasteiger partial charge is 0.493 e. The van der Waals surface area contributed by atoms with Crippen molar-refractivity contribution in [2.75, 3.05) is 26.7 Å². The Balaban J connectivity index is 1.06. The molecule has 1 spiro atoms. The molecule has 45 heavy (non-hydrogen) atoms. The molecule has 5 aliphatic rings. The highest BCUT2D eigenvalue weighted by atomic mass is 16.5. The number of carbonyl (C=O) groups is 1. The summed E-state index contributed by atoms with van der Waals surface area (Å²) in [6, 6.07) is 15.7. The number of hydrogen-bond donors (Lipinski definition) is 1. The van der Waals surface area contributed by atoms with Crippen molar-refractivity contribution >= 4 is 5.91 Å². The van der Waals surface area contributed by atoms with Crippen LogP contribution in [0.1, 0.15) is 94.7 Å². The Morgan fingerprint density at radius 2 is 1.87 bits per heavy atom. The van der Waals surface area contributed by atoms with Gasteiger partial charge in [-0.05, 0) is 86.9 Å². The SMILES string of the molecule is COc1ccc2c3c1O[C@H]1[C@H](N(CC(C)C)C(=O)CCCCCCCc4ccccc4)CC[C@H]4[C@@H](C2)N(CC2CC2O)CC[C@@]341. The van der Waals surface area contributed by atoms with Crippen molar-refractivity contribution in [3.8, 4) is 11.5 Å². The highest BCUT2D eigenvalue weighted by Crippen LogP contribution is 2.64. The Morgan fingerprint density at radius 3 is 2.62 bits per heavy atom. The lowest BCUT2D eigenvalue weighted by Gasteiger charge is -2.60. The summed E-state index contributed by atoms with van der Waals surface area (Å²) in [6.07, 6.45) is 12.5. The minimum absolute atomic E-state index is 0.0292. The average Bonchev–Trinajstić information content (AvgIpc) is 3.62. The number of likely N-dealkylation sites (tertiary alicyclic amines) is 1. The lowest BCUT2D eigenvalue weighted by Crippen LogP contribution is -2.69. The second kappa shape index (κ2) is 12.9. The molecule has 6 nitrogen and oxygen atoms in total. The summed E-state index contributed by atoms with van der Waals surface area (Å²) >= 11 is 0.